The Morgan fingerprint density at radius 3 is 0.694 bits per heavy atom. The zero-order valence-electron chi connectivity index (χ0n) is 46.2. The first-order valence-corrected chi connectivity index (χ1v) is 30.7. The van der Waals surface area contributed by atoms with Gasteiger partial charge < -0.3 is 39.4 Å². The molecule has 16 heteroatoms. The van der Waals surface area contributed by atoms with Crippen LogP contribution in [0.4, 0.5) is 0 Å². The summed E-state index contributed by atoms with van der Waals surface area (Å²) in [7, 11) is 0. The minimum absolute atomic E-state index is 0.0495. The van der Waals surface area contributed by atoms with Gasteiger partial charge in [0.05, 0.1) is 44.5 Å². The van der Waals surface area contributed by atoms with E-state index in [-0.39, 0.29) is 93.9 Å². The Hall–Kier alpha value is -9.52. The van der Waals surface area contributed by atoms with E-state index in [4.69, 9.17) is 18.9 Å². The van der Waals surface area contributed by atoms with Crippen LogP contribution in [-0.2, 0) is 0 Å². The van der Waals surface area contributed by atoms with Crippen LogP contribution < -0.4 is 18.9 Å². The summed E-state index contributed by atoms with van der Waals surface area (Å²) in [5.74, 6) is 20.9. The van der Waals surface area contributed by atoms with Crippen LogP contribution in [0.25, 0.3) is 0 Å². The van der Waals surface area contributed by atoms with Gasteiger partial charge in [0.25, 0.3) is 0 Å². The average Bonchev–Trinajstić information content (AvgIpc) is 3.73. The van der Waals surface area contributed by atoms with Crippen molar-refractivity contribution in [3.05, 3.63) is 237 Å². The summed E-state index contributed by atoms with van der Waals surface area (Å²) < 4.78 is 27.1. The molecule has 0 bridgehead atoms. The van der Waals surface area contributed by atoms with Crippen molar-refractivity contribution in [1.29, 1.82) is 0 Å². The van der Waals surface area contributed by atoms with Gasteiger partial charge in [0.1, 0.15) is 54.8 Å². The Morgan fingerprint density at radius 1 is 0.318 bits per heavy atom. The minimum Gasteiger partial charge on any atom is -0.491 e. The van der Waals surface area contributed by atoms with Crippen molar-refractivity contribution in [3.8, 4) is 70.4 Å². The van der Waals surface area contributed by atoms with Crippen LogP contribution in [0.5, 0.6) is 23.0 Å². The molecule has 0 amide bonds. The minimum atomic E-state index is -1.48. The van der Waals surface area contributed by atoms with Crippen LogP contribution in [0.3, 0.4) is 0 Å². The highest BCUT2D eigenvalue weighted by molar-refractivity contribution is 7.99. The summed E-state index contributed by atoms with van der Waals surface area (Å²) in [5, 5.41) is 40.6. The Kier molecular flexibility index (Phi) is 21.5. The molecule has 0 saturated heterocycles. The van der Waals surface area contributed by atoms with E-state index >= 15 is 0 Å². The summed E-state index contributed by atoms with van der Waals surface area (Å²) in [6, 6.07) is 47.4. The van der Waals surface area contributed by atoms with Gasteiger partial charge in [-0.15, -0.1) is 47.0 Å². The summed E-state index contributed by atoms with van der Waals surface area (Å²) in [6.07, 6.45) is 7.84. The monoisotopic (exact) mass is 1200 g/mol. The van der Waals surface area contributed by atoms with Gasteiger partial charge in [-0.2, -0.15) is 0 Å². The molecule has 8 rings (SSSR count). The summed E-state index contributed by atoms with van der Waals surface area (Å²) in [4.78, 5) is 53.8. The van der Waals surface area contributed by atoms with Crippen molar-refractivity contribution >= 4 is 70.9 Å². The fraction of sp³-hybridized carbons (Fsp3) is 0.130. The maximum absolute atomic E-state index is 12.4. The second-order valence-electron chi connectivity index (χ2n) is 18.6. The smallest absolute Gasteiger partial charge is 0.335 e. The maximum atomic E-state index is 12.4. The molecule has 12 nitrogen and oxygen atoms in total. The predicted molar refractivity (Wildman–Crippen MR) is 335 cm³/mol. The number of carboxylic acid groups (broad SMARTS) is 4. The number of ether oxygens (including phenoxy) is 4. The highest BCUT2D eigenvalue weighted by Gasteiger charge is 2.37. The molecule has 0 aliphatic heterocycles. The van der Waals surface area contributed by atoms with Crippen molar-refractivity contribution in [2.24, 2.45) is 5.41 Å². The molecule has 0 radical (unpaired) electrons. The number of carbonyl (C=O) groups is 4. The van der Waals surface area contributed by atoms with Crippen LogP contribution in [0, 0.1) is 52.8 Å². The lowest BCUT2D eigenvalue weighted by Gasteiger charge is -2.33. The van der Waals surface area contributed by atoms with E-state index < -0.39 is 29.3 Å². The third-order valence-corrected chi connectivity index (χ3v) is 15.7. The van der Waals surface area contributed by atoms with Crippen LogP contribution in [0.2, 0.25) is 0 Å². The third kappa shape index (κ3) is 17.3. The normalized spacial score (nSPS) is 10.5. The molecule has 0 spiro atoms. The molecule has 0 fully saturated rings. The molecular weight excluding hydrogens is 1150 g/mol. The predicted octanol–water partition coefficient (Wildman–Crippen LogP) is 13.6. The Balaban J connectivity index is 1.28. The molecular formula is C69H52O12S4. The Labute approximate surface area is 509 Å². The van der Waals surface area contributed by atoms with Crippen molar-refractivity contribution in [3.63, 3.8) is 0 Å². The quantitative estimate of drug-likeness (QED) is 0.0417. The van der Waals surface area contributed by atoms with E-state index in [9.17, 15) is 39.6 Å². The molecule has 4 N–H and O–H groups in total. The highest BCUT2D eigenvalue weighted by atomic mass is 32.2. The lowest BCUT2D eigenvalue weighted by Crippen LogP contribution is -2.45. The van der Waals surface area contributed by atoms with Crippen molar-refractivity contribution in [2.45, 2.75) is 19.6 Å². The number of hydrogen-bond donors (Lipinski definition) is 4. The highest BCUT2D eigenvalue weighted by Crippen LogP contribution is 2.33. The first-order chi connectivity index (χ1) is 41.1. The van der Waals surface area contributed by atoms with Crippen LogP contribution in [-0.4, -0.2) is 95.8 Å². The molecule has 0 saturated carbocycles. The molecule has 0 unspecified atom stereocenters. The number of rotatable bonds is 20. The zero-order chi connectivity index (χ0) is 60.3. The SMILES string of the molecule is CSc1ccc(C#Cc2cc(C(=O)O)ccc2OCC(COc2ccc(C(=O)O)cc2C#Cc2ccc(SC)cc2)(COc2ccc(C(=O)O)cc2C#Cc2ccc(SC)cc2)COc2ccc(C(=O)O)cc2C#Cc2ccc(SC)cc2)cc1. The summed E-state index contributed by atoms with van der Waals surface area (Å²) in [6.45, 7) is -1.28. The van der Waals surface area contributed by atoms with Crippen molar-refractivity contribution in [2.75, 3.05) is 51.5 Å². The number of hydrogen-bond acceptors (Lipinski definition) is 12. The molecule has 0 aliphatic rings. The van der Waals surface area contributed by atoms with Crippen molar-refractivity contribution < 1.29 is 58.6 Å². The fourth-order valence-corrected chi connectivity index (χ4v) is 9.61. The molecule has 0 atom stereocenters. The van der Waals surface area contributed by atoms with Gasteiger partial charge in [-0.25, -0.2) is 19.2 Å². The van der Waals surface area contributed by atoms with Gasteiger partial charge in [0.2, 0.25) is 0 Å². The molecule has 8 aromatic rings. The van der Waals surface area contributed by atoms with Crippen LogP contribution in [0.1, 0.15) is 85.9 Å². The van der Waals surface area contributed by atoms with E-state index in [1.54, 1.807) is 47.0 Å². The third-order valence-electron chi connectivity index (χ3n) is 12.8. The first kappa shape index (κ1) is 61.5. The van der Waals surface area contributed by atoms with E-state index in [0.717, 1.165) is 19.6 Å². The zero-order valence-corrected chi connectivity index (χ0v) is 49.4. The molecule has 0 aliphatic carbocycles. The van der Waals surface area contributed by atoms with Crippen LogP contribution >= 0.6 is 47.0 Å². The summed E-state index contributed by atoms with van der Waals surface area (Å²) >= 11 is 6.29. The van der Waals surface area contributed by atoms with Gasteiger partial charge in [-0.1, -0.05) is 47.4 Å². The lowest BCUT2D eigenvalue weighted by molar-refractivity contribution is -0.00379. The van der Waals surface area contributed by atoms with Gasteiger partial charge >= 0.3 is 23.9 Å². The second kappa shape index (κ2) is 29.6. The number of carboxylic acids is 4. The molecule has 0 heterocycles. The number of aromatic carboxylic acids is 4. The van der Waals surface area contributed by atoms with Gasteiger partial charge in [0, 0.05) is 41.8 Å². The van der Waals surface area contributed by atoms with Crippen molar-refractivity contribution in [1.82, 2.24) is 0 Å². The lowest BCUT2D eigenvalue weighted by atomic mass is 9.91. The fourth-order valence-electron chi connectivity index (χ4n) is 7.98. The van der Waals surface area contributed by atoms with E-state index in [1.165, 1.54) is 72.8 Å². The van der Waals surface area contributed by atoms with Gasteiger partial charge in [-0.05, 0) is 195 Å². The average molecular weight is 1200 g/mol. The Bertz CT molecular complexity index is 3510. The molecule has 0 aromatic heterocycles. The largest absolute Gasteiger partial charge is 0.491 e. The van der Waals surface area contributed by atoms with E-state index in [2.05, 4.69) is 47.4 Å². The van der Waals surface area contributed by atoms with Gasteiger partial charge in [-0.3, -0.25) is 0 Å². The van der Waals surface area contributed by atoms with E-state index in [1.807, 2.05) is 122 Å². The topological polar surface area (TPSA) is 186 Å². The van der Waals surface area contributed by atoms with E-state index in [0.29, 0.717) is 22.3 Å². The molecule has 424 valence electrons. The number of thioether (sulfide) groups is 4. The van der Waals surface area contributed by atoms with Gasteiger partial charge in [0.15, 0.2) is 0 Å². The molecule has 8 aromatic carbocycles. The molecule has 85 heavy (non-hydrogen) atoms. The standard InChI is InChI=1S/C69H52O12S4/c1-82-57-25-9-45(10-26-57)5-17-49-37-53(65(70)71)21-33-61(49)78-41-69(42-79-62-34-22-54(66(72)73)38-50(62)18-6-46-11-27-58(83-2)28-12-46,43-80-63-35-23-55(67(74)75)39-51(63)19-7-47-13-29-59(84-3)30-14-47)44-81-64-36-24-56(68(76)77)40-52(64)20-8-48-15-31-60(85-4)32-16-48/h9-16,21-40H,41-44H2,1-4H3,(H,70,71)(H,72,73)(H,74,75)(H,76,77). The second-order valence-corrected chi connectivity index (χ2v) is 22.2. The van der Waals surface area contributed by atoms with Crippen LogP contribution in [0.15, 0.2) is 189 Å². The maximum Gasteiger partial charge on any atom is 0.335 e. The number of benzene rings is 8. The first-order valence-electron chi connectivity index (χ1n) is 25.8. The summed E-state index contributed by atoms with van der Waals surface area (Å²) in [5.41, 5.74) is 1.90. The Morgan fingerprint density at radius 2 is 0.518 bits per heavy atom.